The highest BCUT2D eigenvalue weighted by Crippen LogP contribution is 2.59. The number of nitrogens with zero attached hydrogens (tertiary/aromatic N) is 2. The Morgan fingerprint density at radius 2 is 2.21 bits per heavy atom. The minimum Gasteiger partial charge on any atom is -0.469 e. The summed E-state index contributed by atoms with van der Waals surface area (Å²) in [5.41, 5.74) is 6.53. The molecule has 1 saturated heterocycles. The van der Waals surface area contributed by atoms with Crippen molar-refractivity contribution in [2.24, 2.45) is 11.3 Å². The number of nitrogen functional groups attached to an aromatic ring is 1. The smallest absolute Gasteiger partial charge is 0.309 e. The first-order valence-corrected chi connectivity index (χ1v) is 6.69. The van der Waals surface area contributed by atoms with Crippen LogP contribution in [0.3, 0.4) is 0 Å². The molecular formula is C14H19N3O2. The maximum absolute atomic E-state index is 11.6. The molecule has 2 aliphatic rings. The molecule has 1 unspecified atom stereocenters. The summed E-state index contributed by atoms with van der Waals surface area (Å²) in [6, 6.07) is 3.83. The number of carbonyl (C=O) groups excluding carboxylic acids is 1. The second kappa shape index (κ2) is 4.40. The number of nitrogens with two attached hydrogens (primary N) is 1. The first-order valence-electron chi connectivity index (χ1n) is 6.69. The van der Waals surface area contributed by atoms with E-state index in [1.54, 1.807) is 6.20 Å². The zero-order valence-corrected chi connectivity index (χ0v) is 11.1. The average molecular weight is 261 g/mol. The molecule has 1 aliphatic carbocycles. The van der Waals surface area contributed by atoms with Gasteiger partial charge < -0.3 is 15.4 Å². The molecule has 0 aromatic carbocycles. The van der Waals surface area contributed by atoms with Crippen LogP contribution in [0.5, 0.6) is 0 Å². The molecular weight excluding hydrogens is 242 g/mol. The van der Waals surface area contributed by atoms with Crippen molar-refractivity contribution >= 4 is 17.5 Å². The lowest BCUT2D eigenvalue weighted by Crippen LogP contribution is -2.36. The molecule has 0 amide bonds. The number of hydrogen-bond donors (Lipinski definition) is 1. The largest absolute Gasteiger partial charge is 0.469 e. The van der Waals surface area contributed by atoms with E-state index in [9.17, 15) is 4.79 Å². The highest BCUT2D eigenvalue weighted by molar-refractivity contribution is 5.77. The summed E-state index contributed by atoms with van der Waals surface area (Å²) in [4.78, 5) is 18.2. The quantitative estimate of drug-likeness (QED) is 0.816. The van der Waals surface area contributed by atoms with Gasteiger partial charge in [0.25, 0.3) is 0 Å². The minimum absolute atomic E-state index is 0.0425. The van der Waals surface area contributed by atoms with E-state index in [1.165, 1.54) is 7.11 Å². The van der Waals surface area contributed by atoms with Gasteiger partial charge in [0, 0.05) is 13.1 Å². The molecule has 5 nitrogen and oxygen atoms in total. The lowest BCUT2D eigenvalue weighted by Gasteiger charge is -2.33. The monoisotopic (exact) mass is 261 g/mol. The van der Waals surface area contributed by atoms with Crippen LogP contribution in [0.2, 0.25) is 0 Å². The predicted molar refractivity (Wildman–Crippen MR) is 72.7 cm³/mol. The molecule has 102 valence electrons. The van der Waals surface area contributed by atoms with E-state index in [0.717, 1.165) is 38.2 Å². The van der Waals surface area contributed by atoms with Gasteiger partial charge in [0.1, 0.15) is 5.82 Å². The second-order valence-corrected chi connectivity index (χ2v) is 5.58. The third-order valence-electron chi connectivity index (χ3n) is 4.53. The number of rotatable bonds is 2. The van der Waals surface area contributed by atoms with Gasteiger partial charge in [-0.05, 0) is 36.8 Å². The first kappa shape index (κ1) is 12.3. The number of carbonyl (C=O) groups is 1. The fourth-order valence-corrected chi connectivity index (χ4v) is 3.14. The molecule has 2 fully saturated rings. The Hall–Kier alpha value is -1.78. The van der Waals surface area contributed by atoms with E-state index in [2.05, 4.69) is 9.88 Å². The number of ether oxygens (including phenoxy) is 1. The van der Waals surface area contributed by atoms with Crippen LogP contribution < -0.4 is 10.6 Å². The molecule has 1 atom stereocenters. The van der Waals surface area contributed by atoms with Crippen LogP contribution in [0.25, 0.3) is 0 Å². The fourth-order valence-electron chi connectivity index (χ4n) is 3.14. The Morgan fingerprint density at radius 3 is 2.79 bits per heavy atom. The summed E-state index contributed by atoms with van der Waals surface area (Å²) < 4.78 is 4.85. The fraction of sp³-hybridized carbons (Fsp3) is 0.571. The van der Waals surface area contributed by atoms with Crippen molar-refractivity contribution in [1.29, 1.82) is 0 Å². The number of hydrogen-bond acceptors (Lipinski definition) is 5. The second-order valence-electron chi connectivity index (χ2n) is 5.58. The van der Waals surface area contributed by atoms with Gasteiger partial charge in [-0.25, -0.2) is 4.98 Å². The normalized spacial score (nSPS) is 24.3. The summed E-state index contributed by atoms with van der Waals surface area (Å²) >= 11 is 0. The number of anilines is 2. The van der Waals surface area contributed by atoms with E-state index < -0.39 is 0 Å². The first-order chi connectivity index (χ1) is 9.14. The van der Waals surface area contributed by atoms with Crippen molar-refractivity contribution in [3.63, 3.8) is 0 Å². The molecule has 3 rings (SSSR count). The molecule has 1 saturated carbocycles. The Balaban J connectivity index is 1.62. The maximum atomic E-state index is 11.6. The predicted octanol–water partition coefficient (Wildman–Crippen LogP) is 1.44. The van der Waals surface area contributed by atoms with Gasteiger partial charge in [0.15, 0.2) is 0 Å². The average Bonchev–Trinajstić information content (AvgIpc) is 3.14. The molecule has 0 bridgehead atoms. The van der Waals surface area contributed by atoms with Crippen molar-refractivity contribution in [2.75, 3.05) is 30.8 Å². The summed E-state index contributed by atoms with van der Waals surface area (Å²) in [6.45, 7) is 1.90. The van der Waals surface area contributed by atoms with Gasteiger partial charge >= 0.3 is 5.97 Å². The third-order valence-corrected chi connectivity index (χ3v) is 4.53. The van der Waals surface area contributed by atoms with Crippen LogP contribution in [0, 0.1) is 11.3 Å². The lowest BCUT2D eigenvalue weighted by atomic mass is 9.91. The molecule has 2 N–H and O–H groups in total. The van der Waals surface area contributed by atoms with Crippen LogP contribution in [0.15, 0.2) is 18.3 Å². The molecule has 1 aliphatic heterocycles. The number of aromatic nitrogens is 1. The SMILES string of the molecule is COC(=O)C1CC12CCN(c1ccc(N)cn1)CC2. The van der Waals surface area contributed by atoms with Gasteiger partial charge in [0.2, 0.25) is 0 Å². The Kier molecular flexibility index (Phi) is 2.84. The van der Waals surface area contributed by atoms with Crippen LogP contribution in [-0.4, -0.2) is 31.2 Å². The van der Waals surface area contributed by atoms with Gasteiger partial charge in [-0.3, -0.25) is 4.79 Å². The number of pyridine rings is 1. The molecule has 1 aromatic rings. The van der Waals surface area contributed by atoms with Crippen molar-refractivity contribution < 1.29 is 9.53 Å². The minimum atomic E-state index is -0.0425. The number of piperidine rings is 1. The van der Waals surface area contributed by atoms with Crippen LogP contribution in [-0.2, 0) is 9.53 Å². The van der Waals surface area contributed by atoms with E-state index in [-0.39, 0.29) is 17.3 Å². The van der Waals surface area contributed by atoms with E-state index in [1.807, 2.05) is 12.1 Å². The summed E-state index contributed by atoms with van der Waals surface area (Å²) in [7, 11) is 1.47. The van der Waals surface area contributed by atoms with Gasteiger partial charge in [-0.2, -0.15) is 0 Å². The Labute approximate surface area is 112 Å². The van der Waals surface area contributed by atoms with Crippen LogP contribution >= 0.6 is 0 Å². The molecule has 5 heteroatoms. The van der Waals surface area contributed by atoms with Gasteiger partial charge in [0.05, 0.1) is 24.9 Å². The van der Waals surface area contributed by atoms with Crippen molar-refractivity contribution in [1.82, 2.24) is 4.98 Å². The Morgan fingerprint density at radius 1 is 1.47 bits per heavy atom. The molecule has 1 aromatic heterocycles. The summed E-state index contributed by atoms with van der Waals surface area (Å²) in [6.07, 6.45) is 4.76. The van der Waals surface area contributed by atoms with Crippen molar-refractivity contribution in [3.8, 4) is 0 Å². The van der Waals surface area contributed by atoms with Gasteiger partial charge in [-0.1, -0.05) is 0 Å². The summed E-state index contributed by atoms with van der Waals surface area (Å²) in [5.74, 6) is 1.05. The number of esters is 1. The third kappa shape index (κ3) is 2.13. The van der Waals surface area contributed by atoms with E-state index >= 15 is 0 Å². The van der Waals surface area contributed by atoms with Gasteiger partial charge in [-0.15, -0.1) is 0 Å². The maximum Gasteiger partial charge on any atom is 0.309 e. The number of methoxy groups -OCH3 is 1. The topological polar surface area (TPSA) is 68.5 Å². The zero-order valence-electron chi connectivity index (χ0n) is 11.1. The molecule has 2 heterocycles. The Bertz CT molecular complexity index is 478. The zero-order chi connectivity index (χ0) is 13.5. The molecule has 19 heavy (non-hydrogen) atoms. The van der Waals surface area contributed by atoms with E-state index in [4.69, 9.17) is 10.5 Å². The van der Waals surface area contributed by atoms with Crippen LogP contribution in [0.4, 0.5) is 11.5 Å². The van der Waals surface area contributed by atoms with Crippen molar-refractivity contribution in [2.45, 2.75) is 19.3 Å². The highest BCUT2D eigenvalue weighted by Gasteiger charge is 2.59. The molecule has 0 radical (unpaired) electrons. The summed E-state index contributed by atoms with van der Waals surface area (Å²) in [5, 5.41) is 0. The van der Waals surface area contributed by atoms with Crippen LogP contribution in [0.1, 0.15) is 19.3 Å². The molecule has 1 spiro atoms. The highest BCUT2D eigenvalue weighted by atomic mass is 16.5. The lowest BCUT2D eigenvalue weighted by molar-refractivity contribution is -0.143. The van der Waals surface area contributed by atoms with Crippen molar-refractivity contribution in [3.05, 3.63) is 18.3 Å². The standard InChI is InChI=1S/C14H19N3O2/c1-19-13(18)11-8-14(11)4-6-17(7-5-14)12-3-2-10(15)9-16-12/h2-3,9,11H,4-8,15H2,1H3. The van der Waals surface area contributed by atoms with E-state index in [0.29, 0.717) is 5.69 Å².